The lowest BCUT2D eigenvalue weighted by atomic mass is 10.1. The van der Waals surface area contributed by atoms with E-state index in [2.05, 4.69) is 0 Å². The first kappa shape index (κ1) is 14.2. The third-order valence-corrected chi connectivity index (χ3v) is 5.35. The van der Waals surface area contributed by atoms with Crippen LogP contribution in [0.2, 0.25) is 0 Å². The van der Waals surface area contributed by atoms with Gasteiger partial charge in [0.05, 0.1) is 17.2 Å². The third kappa shape index (κ3) is 3.03. The molecule has 1 unspecified atom stereocenters. The largest absolute Gasteiger partial charge is 0.389 e. The van der Waals surface area contributed by atoms with Crippen LogP contribution in [0.4, 0.5) is 10.1 Å². The van der Waals surface area contributed by atoms with Crippen molar-refractivity contribution in [1.82, 2.24) is 0 Å². The minimum atomic E-state index is -2.99. The van der Waals surface area contributed by atoms with Crippen LogP contribution in [0.25, 0.3) is 0 Å². The number of halogens is 1. The van der Waals surface area contributed by atoms with Gasteiger partial charge in [0.2, 0.25) is 0 Å². The minimum absolute atomic E-state index is 0.0694. The molecular formula is C12H15FN2O2S2. The SMILES string of the molecule is CN(c1ccc(C(N)=S)cc1F)C1CCS(=O)(=O)C1. The Morgan fingerprint density at radius 2 is 2.21 bits per heavy atom. The molecule has 7 heteroatoms. The van der Waals surface area contributed by atoms with Crippen LogP contribution in [0.1, 0.15) is 12.0 Å². The summed E-state index contributed by atoms with van der Waals surface area (Å²) >= 11 is 4.79. The van der Waals surface area contributed by atoms with Gasteiger partial charge in [-0.1, -0.05) is 12.2 Å². The first-order chi connectivity index (χ1) is 8.80. The van der Waals surface area contributed by atoms with Gasteiger partial charge >= 0.3 is 0 Å². The highest BCUT2D eigenvalue weighted by atomic mass is 32.2. The predicted octanol–water partition coefficient (Wildman–Crippen LogP) is 1.08. The molecule has 1 aromatic carbocycles. The Kier molecular flexibility index (Phi) is 3.78. The number of anilines is 1. The Hall–Kier alpha value is -1.21. The highest BCUT2D eigenvalue weighted by molar-refractivity contribution is 7.91. The van der Waals surface area contributed by atoms with E-state index < -0.39 is 15.7 Å². The number of nitrogens with two attached hydrogens (primary N) is 1. The van der Waals surface area contributed by atoms with Crippen molar-refractivity contribution in [3.05, 3.63) is 29.6 Å². The van der Waals surface area contributed by atoms with Gasteiger partial charge in [-0.05, 0) is 24.6 Å². The number of sulfone groups is 1. The molecule has 1 atom stereocenters. The maximum absolute atomic E-state index is 14.0. The molecule has 0 radical (unpaired) electrons. The van der Waals surface area contributed by atoms with Gasteiger partial charge in [0.15, 0.2) is 9.84 Å². The molecule has 1 heterocycles. The van der Waals surface area contributed by atoms with Gasteiger partial charge in [0.25, 0.3) is 0 Å². The maximum Gasteiger partial charge on any atom is 0.152 e. The fraction of sp³-hybridized carbons (Fsp3) is 0.417. The summed E-state index contributed by atoms with van der Waals surface area (Å²) in [6, 6.07) is 4.31. The second kappa shape index (κ2) is 5.05. The predicted molar refractivity (Wildman–Crippen MR) is 77.7 cm³/mol. The maximum atomic E-state index is 14.0. The second-order valence-corrected chi connectivity index (χ2v) is 7.37. The zero-order valence-corrected chi connectivity index (χ0v) is 12.1. The standard InChI is InChI=1S/C12H15FN2O2S2/c1-15(9-4-5-19(16,17)7-9)11-3-2-8(12(14)18)6-10(11)13/h2-3,6,9H,4-5,7H2,1H3,(H2,14,18). The zero-order chi connectivity index (χ0) is 14.2. The summed E-state index contributed by atoms with van der Waals surface area (Å²) in [6.45, 7) is 0. The van der Waals surface area contributed by atoms with Crippen LogP contribution in [-0.4, -0.2) is 38.0 Å². The van der Waals surface area contributed by atoms with Crippen LogP contribution in [-0.2, 0) is 9.84 Å². The number of hydrogen-bond acceptors (Lipinski definition) is 4. The number of hydrogen-bond donors (Lipinski definition) is 1. The van der Waals surface area contributed by atoms with Crippen LogP contribution < -0.4 is 10.6 Å². The van der Waals surface area contributed by atoms with Gasteiger partial charge in [0, 0.05) is 18.7 Å². The summed E-state index contributed by atoms with van der Waals surface area (Å²) < 4.78 is 36.9. The molecule has 1 fully saturated rings. The van der Waals surface area contributed by atoms with E-state index in [0.717, 1.165) is 0 Å². The van der Waals surface area contributed by atoms with E-state index in [0.29, 0.717) is 17.7 Å². The molecule has 4 nitrogen and oxygen atoms in total. The molecule has 1 saturated heterocycles. The summed E-state index contributed by atoms with van der Waals surface area (Å²) in [4.78, 5) is 1.81. The molecule has 0 bridgehead atoms. The first-order valence-corrected chi connectivity index (χ1v) is 8.06. The molecule has 1 aromatic rings. The van der Waals surface area contributed by atoms with Crippen molar-refractivity contribution < 1.29 is 12.8 Å². The Bertz CT molecular complexity index is 616. The van der Waals surface area contributed by atoms with E-state index in [1.807, 2.05) is 0 Å². The van der Waals surface area contributed by atoms with Crippen LogP contribution in [0.3, 0.4) is 0 Å². The quantitative estimate of drug-likeness (QED) is 0.847. The van der Waals surface area contributed by atoms with Crippen LogP contribution in [0.15, 0.2) is 18.2 Å². The second-order valence-electron chi connectivity index (χ2n) is 4.70. The molecule has 0 aromatic heterocycles. The molecule has 2 N–H and O–H groups in total. The molecule has 1 aliphatic rings. The Morgan fingerprint density at radius 3 is 2.68 bits per heavy atom. The highest BCUT2D eigenvalue weighted by Gasteiger charge is 2.31. The monoisotopic (exact) mass is 302 g/mol. The van der Waals surface area contributed by atoms with Gasteiger partial charge in [-0.25, -0.2) is 12.8 Å². The number of benzene rings is 1. The van der Waals surface area contributed by atoms with E-state index in [9.17, 15) is 12.8 Å². The fourth-order valence-electron chi connectivity index (χ4n) is 2.22. The third-order valence-electron chi connectivity index (χ3n) is 3.37. The van der Waals surface area contributed by atoms with E-state index in [-0.39, 0.29) is 22.5 Å². The van der Waals surface area contributed by atoms with Crippen molar-refractivity contribution in [2.75, 3.05) is 23.5 Å². The Morgan fingerprint density at radius 1 is 1.53 bits per heavy atom. The summed E-state index contributed by atoms with van der Waals surface area (Å²) in [7, 11) is -1.29. The fourth-order valence-corrected chi connectivity index (χ4v) is 4.13. The number of thiocarbonyl (C=S) groups is 1. The Balaban J connectivity index is 2.25. The summed E-state index contributed by atoms with van der Waals surface area (Å²) in [6.07, 6.45) is 0.523. The molecule has 1 aliphatic heterocycles. The van der Waals surface area contributed by atoms with Crippen molar-refractivity contribution in [2.45, 2.75) is 12.5 Å². The van der Waals surface area contributed by atoms with Gasteiger partial charge in [-0.3, -0.25) is 0 Å². The van der Waals surface area contributed by atoms with Crippen molar-refractivity contribution in [2.24, 2.45) is 5.73 Å². The van der Waals surface area contributed by atoms with Crippen LogP contribution in [0.5, 0.6) is 0 Å². The number of rotatable bonds is 3. The van der Waals surface area contributed by atoms with E-state index in [1.54, 1.807) is 24.1 Å². The van der Waals surface area contributed by atoms with E-state index in [4.69, 9.17) is 18.0 Å². The molecule has 0 spiro atoms. The van der Waals surface area contributed by atoms with Gasteiger partial charge in [-0.15, -0.1) is 0 Å². The van der Waals surface area contributed by atoms with Crippen LogP contribution in [0, 0.1) is 5.82 Å². The average molecular weight is 302 g/mol. The van der Waals surface area contributed by atoms with Gasteiger partial charge in [-0.2, -0.15) is 0 Å². The topological polar surface area (TPSA) is 63.4 Å². The normalized spacial score (nSPS) is 21.3. The van der Waals surface area contributed by atoms with Crippen LogP contribution >= 0.6 is 12.2 Å². The lowest BCUT2D eigenvalue weighted by molar-refractivity contribution is 0.597. The number of nitrogens with zero attached hydrogens (tertiary/aromatic N) is 1. The minimum Gasteiger partial charge on any atom is -0.389 e. The smallest absolute Gasteiger partial charge is 0.152 e. The summed E-state index contributed by atoms with van der Waals surface area (Å²) in [5.74, 6) is -0.216. The first-order valence-electron chi connectivity index (χ1n) is 5.83. The van der Waals surface area contributed by atoms with E-state index >= 15 is 0 Å². The zero-order valence-electron chi connectivity index (χ0n) is 10.5. The highest BCUT2D eigenvalue weighted by Crippen LogP contribution is 2.26. The molecule has 19 heavy (non-hydrogen) atoms. The Labute approximate surface area is 117 Å². The summed E-state index contributed by atoms with van der Waals surface area (Å²) in [5.41, 5.74) is 6.26. The molecule has 104 valence electrons. The van der Waals surface area contributed by atoms with Crippen molar-refractivity contribution in [1.29, 1.82) is 0 Å². The lowest BCUT2D eigenvalue weighted by Gasteiger charge is -2.26. The van der Waals surface area contributed by atoms with Gasteiger partial charge in [0.1, 0.15) is 10.8 Å². The average Bonchev–Trinajstić information content (AvgIpc) is 2.68. The molecule has 0 amide bonds. The molecule has 0 aliphatic carbocycles. The summed E-state index contributed by atoms with van der Waals surface area (Å²) in [5, 5.41) is 0. The molecule has 2 rings (SSSR count). The van der Waals surface area contributed by atoms with Crippen molar-refractivity contribution in [3.63, 3.8) is 0 Å². The van der Waals surface area contributed by atoms with Gasteiger partial charge < -0.3 is 10.6 Å². The molecule has 0 saturated carbocycles. The van der Waals surface area contributed by atoms with Crippen molar-refractivity contribution in [3.8, 4) is 0 Å². The van der Waals surface area contributed by atoms with Crippen molar-refractivity contribution >= 4 is 32.7 Å². The lowest BCUT2D eigenvalue weighted by Crippen LogP contribution is -2.33. The van der Waals surface area contributed by atoms with E-state index in [1.165, 1.54) is 6.07 Å². The molecular weight excluding hydrogens is 287 g/mol.